The van der Waals surface area contributed by atoms with Crippen molar-refractivity contribution in [2.75, 3.05) is 5.73 Å². The van der Waals surface area contributed by atoms with E-state index in [0.29, 0.717) is 17.2 Å². The molecule has 0 saturated heterocycles. The van der Waals surface area contributed by atoms with Crippen LogP contribution in [0.3, 0.4) is 0 Å². The lowest BCUT2D eigenvalue weighted by Gasteiger charge is -2.28. The highest BCUT2D eigenvalue weighted by Gasteiger charge is 2.24. The monoisotopic (exact) mass is 248 g/mol. The maximum absolute atomic E-state index is 11.9. The van der Waals surface area contributed by atoms with Crippen LogP contribution in [0.2, 0.25) is 0 Å². The smallest absolute Gasteiger partial charge is 0.340 e. The van der Waals surface area contributed by atoms with Gasteiger partial charge in [0.2, 0.25) is 0 Å². The van der Waals surface area contributed by atoms with E-state index in [0.717, 1.165) is 25.7 Å². The van der Waals surface area contributed by atoms with Crippen molar-refractivity contribution in [3.63, 3.8) is 0 Å². The first-order valence-electron chi connectivity index (χ1n) is 6.60. The van der Waals surface area contributed by atoms with Crippen molar-refractivity contribution in [1.29, 1.82) is 0 Å². The quantitative estimate of drug-likeness (QED) is 0.835. The van der Waals surface area contributed by atoms with Gasteiger partial charge in [-0.2, -0.15) is 0 Å². The number of carbonyl (C=O) groups is 1. The van der Waals surface area contributed by atoms with Crippen molar-refractivity contribution in [1.82, 2.24) is 4.98 Å². The molecule has 2 N–H and O–H groups in total. The Morgan fingerprint density at radius 3 is 3.06 bits per heavy atom. The van der Waals surface area contributed by atoms with Crippen molar-refractivity contribution < 1.29 is 9.53 Å². The molecule has 1 heterocycles. The molecule has 1 aromatic rings. The molecule has 2 unspecified atom stereocenters. The van der Waals surface area contributed by atoms with Crippen LogP contribution in [-0.2, 0) is 4.74 Å². The van der Waals surface area contributed by atoms with Crippen LogP contribution in [0.1, 0.15) is 49.4 Å². The second-order valence-electron chi connectivity index (χ2n) is 4.98. The van der Waals surface area contributed by atoms with Gasteiger partial charge in [-0.05, 0) is 31.2 Å². The van der Waals surface area contributed by atoms with E-state index in [-0.39, 0.29) is 12.1 Å². The highest BCUT2D eigenvalue weighted by molar-refractivity contribution is 5.90. The van der Waals surface area contributed by atoms with Gasteiger partial charge < -0.3 is 10.5 Å². The summed E-state index contributed by atoms with van der Waals surface area (Å²) in [7, 11) is 0. The number of anilines is 1. The van der Waals surface area contributed by atoms with E-state index in [1.54, 1.807) is 6.07 Å². The molecule has 0 radical (unpaired) electrons. The van der Waals surface area contributed by atoms with Gasteiger partial charge in [-0.15, -0.1) is 0 Å². The summed E-state index contributed by atoms with van der Waals surface area (Å²) in [6.07, 6.45) is 8.58. The van der Waals surface area contributed by atoms with Crippen LogP contribution < -0.4 is 5.73 Å². The molecule has 1 aliphatic rings. The van der Waals surface area contributed by atoms with Gasteiger partial charge in [0, 0.05) is 12.4 Å². The molecule has 0 amide bonds. The SMILES string of the molecule is CCC1CCCC(OC(=O)c2cncc(N)c2)C1. The number of aromatic nitrogens is 1. The van der Waals surface area contributed by atoms with Gasteiger partial charge in [0.25, 0.3) is 0 Å². The minimum atomic E-state index is -0.309. The Balaban J connectivity index is 1.95. The van der Waals surface area contributed by atoms with Crippen LogP contribution >= 0.6 is 0 Å². The van der Waals surface area contributed by atoms with Gasteiger partial charge in [0.05, 0.1) is 11.3 Å². The number of pyridine rings is 1. The van der Waals surface area contributed by atoms with Crippen LogP contribution in [0.25, 0.3) is 0 Å². The molecule has 18 heavy (non-hydrogen) atoms. The van der Waals surface area contributed by atoms with Crippen LogP contribution in [0, 0.1) is 5.92 Å². The number of ether oxygens (including phenoxy) is 1. The molecular weight excluding hydrogens is 228 g/mol. The fourth-order valence-electron chi connectivity index (χ4n) is 2.51. The average Bonchev–Trinajstić information content (AvgIpc) is 2.39. The van der Waals surface area contributed by atoms with E-state index in [2.05, 4.69) is 11.9 Å². The number of nitrogen functional groups attached to an aromatic ring is 1. The Morgan fingerprint density at radius 1 is 1.50 bits per heavy atom. The molecule has 1 aromatic heterocycles. The summed E-state index contributed by atoms with van der Waals surface area (Å²) < 4.78 is 5.53. The summed E-state index contributed by atoms with van der Waals surface area (Å²) in [5.41, 5.74) is 6.53. The first-order valence-corrected chi connectivity index (χ1v) is 6.60. The number of carbonyl (C=O) groups excluding carboxylic acids is 1. The standard InChI is InChI=1S/C14H20N2O2/c1-2-10-4-3-5-13(6-10)18-14(17)11-7-12(15)9-16-8-11/h7-10,13H,2-6,15H2,1H3. The fourth-order valence-corrected chi connectivity index (χ4v) is 2.51. The molecule has 1 aliphatic carbocycles. The molecule has 2 rings (SSSR count). The molecule has 0 aromatic carbocycles. The fraction of sp³-hybridized carbons (Fsp3) is 0.571. The Kier molecular flexibility index (Phi) is 4.18. The largest absolute Gasteiger partial charge is 0.459 e. The van der Waals surface area contributed by atoms with Crippen LogP contribution in [0.15, 0.2) is 18.5 Å². The molecule has 0 aliphatic heterocycles. The average molecular weight is 248 g/mol. The van der Waals surface area contributed by atoms with E-state index in [9.17, 15) is 4.79 Å². The summed E-state index contributed by atoms with van der Waals surface area (Å²) in [5, 5.41) is 0. The van der Waals surface area contributed by atoms with Crippen molar-refractivity contribution in [2.24, 2.45) is 5.92 Å². The predicted octanol–water partition coefficient (Wildman–Crippen LogP) is 2.79. The first-order chi connectivity index (χ1) is 8.69. The Morgan fingerprint density at radius 2 is 2.33 bits per heavy atom. The van der Waals surface area contributed by atoms with Gasteiger partial charge >= 0.3 is 5.97 Å². The molecular formula is C14H20N2O2. The lowest BCUT2D eigenvalue weighted by molar-refractivity contribution is 0.0139. The summed E-state index contributed by atoms with van der Waals surface area (Å²) in [5.74, 6) is 0.382. The zero-order chi connectivity index (χ0) is 13.0. The maximum Gasteiger partial charge on any atom is 0.340 e. The second-order valence-corrected chi connectivity index (χ2v) is 4.98. The van der Waals surface area contributed by atoms with E-state index in [1.165, 1.54) is 18.8 Å². The van der Waals surface area contributed by atoms with Crippen molar-refractivity contribution in [3.8, 4) is 0 Å². The third kappa shape index (κ3) is 3.22. The van der Waals surface area contributed by atoms with Crippen LogP contribution in [-0.4, -0.2) is 17.1 Å². The van der Waals surface area contributed by atoms with Gasteiger partial charge in [0.1, 0.15) is 6.10 Å². The highest BCUT2D eigenvalue weighted by Crippen LogP contribution is 2.28. The molecule has 98 valence electrons. The van der Waals surface area contributed by atoms with Gasteiger partial charge in [-0.1, -0.05) is 19.8 Å². The molecule has 4 heteroatoms. The molecule has 4 nitrogen and oxygen atoms in total. The van der Waals surface area contributed by atoms with Gasteiger partial charge in [-0.3, -0.25) is 4.98 Å². The summed E-state index contributed by atoms with van der Waals surface area (Å²) in [6.45, 7) is 2.19. The van der Waals surface area contributed by atoms with E-state index in [1.807, 2.05) is 0 Å². The molecule has 0 spiro atoms. The van der Waals surface area contributed by atoms with Crippen molar-refractivity contribution in [2.45, 2.75) is 45.1 Å². The zero-order valence-electron chi connectivity index (χ0n) is 10.8. The Hall–Kier alpha value is -1.58. The summed E-state index contributed by atoms with van der Waals surface area (Å²) in [4.78, 5) is 15.8. The van der Waals surface area contributed by atoms with Crippen LogP contribution in [0.5, 0.6) is 0 Å². The molecule has 1 fully saturated rings. The second kappa shape index (κ2) is 5.85. The van der Waals surface area contributed by atoms with E-state index >= 15 is 0 Å². The summed E-state index contributed by atoms with van der Waals surface area (Å²) >= 11 is 0. The van der Waals surface area contributed by atoms with Gasteiger partial charge in [-0.25, -0.2) is 4.79 Å². The van der Waals surface area contributed by atoms with Crippen LogP contribution in [0.4, 0.5) is 5.69 Å². The Bertz CT molecular complexity index is 420. The molecule has 1 saturated carbocycles. The predicted molar refractivity (Wildman–Crippen MR) is 70.1 cm³/mol. The lowest BCUT2D eigenvalue weighted by atomic mass is 9.85. The number of hydrogen-bond donors (Lipinski definition) is 1. The third-order valence-corrected chi connectivity index (χ3v) is 3.58. The number of nitrogens with two attached hydrogens (primary N) is 1. The van der Waals surface area contributed by atoms with E-state index in [4.69, 9.17) is 10.5 Å². The minimum absolute atomic E-state index is 0.0534. The highest BCUT2D eigenvalue weighted by atomic mass is 16.5. The number of hydrogen-bond acceptors (Lipinski definition) is 4. The minimum Gasteiger partial charge on any atom is -0.459 e. The first kappa shape index (κ1) is 12.9. The topological polar surface area (TPSA) is 65.2 Å². The number of rotatable bonds is 3. The lowest BCUT2D eigenvalue weighted by Crippen LogP contribution is -2.25. The normalized spacial score (nSPS) is 23.6. The third-order valence-electron chi connectivity index (χ3n) is 3.58. The van der Waals surface area contributed by atoms with Crippen molar-refractivity contribution in [3.05, 3.63) is 24.0 Å². The zero-order valence-corrected chi connectivity index (χ0v) is 10.8. The molecule has 2 atom stereocenters. The maximum atomic E-state index is 11.9. The summed E-state index contributed by atoms with van der Waals surface area (Å²) in [6, 6.07) is 1.61. The number of esters is 1. The van der Waals surface area contributed by atoms with E-state index < -0.39 is 0 Å². The van der Waals surface area contributed by atoms with Gasteiger partial charge in [0.15, 0.2) is 0 Å². The van der Waals surface area contributed by atoms with Crippen molar-refractivity contribution >= 4 is 11.7 Å². The Labute approximate surface area is 108 Å². The number of nitrogens with zero attached hydrogens (tertiary/aromatic N) is 1. The molecule has 0 bridgehead atoms.